The summed E-state index contributed by atoms with van der Waals surface area (Å²) in [6.07, 6.45) is 2.84. The molecule has 1 aliphatic rings. The van der Waals surface area contributed by atoms with E-state index in [1.807, 2.05) is 0 Å². The zero-order chi connectivity index (χ0) is 15.3. The van der Waals surface area contributed by atoms with Crippen LogP contribution in [0.25, 0.3) is 0 Å². The average Bonchev–Trinajstić information content (AvgIpc) is 2.56. The van der Waals surface area contributed by atoms with Crippen molar-refractivity contribution in [1.82, 2.24) is 0 Å². The molecule has 0 aliphatic carbocycles. The lowest BCUT2D eigenvalue weighted by molar-refractivity contribution is -0.152. The van der Waals surface area contributed by atoms with Crippen molar-refractivity contribution in [2.24, 2.45) is 0 Å². The van der Waals surface area contributed by atoms with Crippen LogP contribution in [0.2, 0.25) is 0 Å². The zero-order valence-electron chi connectivity index (χ0n) is 12.6. The molecular formula is C15H26O5. The third kappa shape index (κ3) is 5.23. The summed E-state index contributed by atoms with van der Waals surface area (Å²) < 4.78 is 4.64. The molecule has 0 amide bonds. The van der Waals surface area contributed by atoms with E-state index >= 15 is 0 Å². The fraction of sp³-hybridized carbons (Fsp3) is 0.800. The molecule has 0 fully saturated rings. The summed E-state index contributed by atoms with van der Waals surface area (Å²) in [5, 5.41) is 28.9. The number of hydrogen-bond donors (Lipinski definition) is 3. The molecule has 0 saturated carbocycles. The second kappa shape index (κ2) is 7.20. The normalized spacial score (nSPS) is 21.3. The highest BCUT2D eigenvalue weighted by atomic mass is 16.6. The summed E-state index contributed by atoms with van der Waals surface area (Å²) in [6, 6.07) is 0. The molecular weight excluding hydrogens is 260 g/mol. The van der Waals surface area contributed by atoms with Crippen LogP contribution in [0.1, 0.15) is 59.3 Å². The lowest BCUT2D eigenvalue weighted by atomic mass is 9.97. The molecule has 1 rings (SSSR count). The highest BCUT2D eigenvalue weighted by Crippen LogP contribution is 2.26. The molecule has 0 unspecified atom stereocenters. The van der Waals surface area contributed by atoms with Crippen LogP contribution in [0.15, 0.2) is 11.1 Å². The average molecular weight is 286 g/mol. The van der Waals surface area contributed by atoms with Gasteiger partial charge in [-0.25, -0.2) is 4.79 Å². The molecule has 1 aliphatic heterocycles. The van der Waals surface area contributed by atoms with E-state index in [1.165, 1.54) is 0 Å². The minimum atomic E-state index is -1.21. The maximum atomic E-state index is 11.5. The van der Waals surface area contributed by atoms with Crippen LogP contribution in [0.5, 0.6) is 0 Å². The van der Waals surface area contributed by atoms with Crippen LogP contribution in [-0.4, -0.2) is 39.3 Å². The molecule has 1 heterocycles. The van der Waals surface area contributed by atoms with E-state index in [-0.39, 0.29) is 5.57 Å². The Morgan fingerprint density at radius 3 is 2.35 bits per heavy atom. The van der Waals surface area contributed by atoms with Crippen molar-refractivity contribution in [3.8, 4) is 0 Å². The first kappa shape index (κ1) is 17.1. The number of aliphatic hydroxyl groups is 3. The predicted molar refractivity (Wildman–Crippen MR) is 74.8 cm³/mol. The number of hydrogen-bond acceptors (Lipinski definition) is 5. The highest BCUT2D eigenvalue weighted by molar-refractivity contribution is 5.92. The van der Waals surface area contributed by atoms with Gasteiger partial charge in [0.25, 0.3) is 0 Å². The first-order valence-corrected chi connectivity index (χ1v) is 7.22. The van der Waals surface area contributed by atoms with Crippen molar-refractivity contribution < 1.29 is 24.9 Å². The van der Waals surface area contributed by atoms with Crippen molar-refractivity contribution in [2.45, 2.75) is 77.3 Å². The minimum Gasteiger partial charge on any atom is -0.428 e. The maximum absolute atomic E-state index is 11.5. The molecule has 0 radical (unpaired) electrons. The third-order valence-electron chi connectivity index (χ3n) is 3.58. The van der Waals surface area contributed by atoms with Crippen molar-refractivity contribution in [2.75, 3.05) is 0 Å². The number of esters is 1. The van der Waals surface area contributed by atoms with Gasteiger partial charge in [-0.05, 0) is 33.6 Å². The smallest absolute Gasteiger partial charge is 0.339 e. The van der Waals surface area contributed by atoms with Gasteiger partial charge in [0, 0.05) is 5.57 Å². The Hall–Kier alpha value is -0.910. The van der Waals surface area contributed by atoms with Gasteiger partial charge >= 0.3 is 5.97 Å². The zero-order valence-corrected chi connectivity index (χ0v) is 12.6. The molecule has 0 aromatic rings. The van der Waals surface area contributed by atoms with Crippen molar-refractivity contribution in [3.05, 3.63) is 11.1 Å². The second-order valence-corrected chi connectivity index (χ2v) is 6.14. The summed E-state index contributed by atoms with van der Waals surface area (Å²) in [5.74, 6) is -0.621. The van der Waals surface area contributed by atoms with Gasteiger partial charge in [-0.2, -0.15) is 0 Å². The van der Waals surface area contributed by atoms with Crippen LogP contribution in [0.3, 0.4) is 0 Å². The molecule has 0 saturated heterocycles. The molecule has 0 spiro atoms. The van der Waals surface area contributed by atoms with Gasteiger partial charge in [-0.3, -0.25) is 0 Å². The van der Waals surface area contributed by atoms with Gasteiger partial charge in [0.2, 0.25) is 6.29 Å². The predicted octanol–water partition coefficient (Wildman–Crippen LogP) is 1.65. The van der Waals surface area contributed by atoms with Gasteiger partial charge < -0.3 is 20.1 Å². The molecule has 20 heavy (non-hydrogen) atoms. The number of rotatable bonds is 8. The van der Waals surface area contributed by atoms with Crippen molar-refractivity contribution in [1.29, 1.82) is 0 Å². The quantitative estimate of drug-likeness (QED) is 0.466. The van der Waals surface area contributed by atoms with E-state index in [2.05, 4.69) is 4.74 Å². The summed E-state index contributed by atoms with van der Waals surface area (Å²) in [5.41, 5.74) is -0.0101. The van der Waals surface area contributed by atoms with E-state index in [0.717, 1.165) is 32.1 Å². The lowest BCUT2D eigenvalue weighted by Crippen LogP contribution is -2.18. The molecule has 2 atom stereocenters. The van der Waals surface area contributed by atoms with E-state index in [1.54, 1.807) is 20.8 Å². The van der Waals surface area contributed by atoms with Gasteiger partial charge in [0.1, 0.15) is 0 Å². The summed E-state index contributed by atoms with van der Waals surface area (Å²) >= 11 is 0. The monoisotopic (exact) mass is 286 g/mol. The number of unbranched alkanes of at least 4 members (excludes halogenated alkanes) is 3. The Morgan fingerprint density at radius 1 is 1.25 bits per heavy atom. The van der Waals surface area contributed by atoms with Crippen molar-refractivity contribution in [3.63, 3.8) is 0 Å². The van der Waals surface area contributed by atoms with Gasteiger partial charge in [-0.15, -0.1) is 0 Å². The first-order valence-electron chi connectivity index (χ1n) is 7.22. The molecule has 5 heteroatoms. The molecule has 0 bridgehead atoms. The summed E-state index contributed by atoms with van der Waals surface area (Å²) in [4.78, 5) is 11.5. The molecule has 0 aromatic carbocycles. The number of aliphatic hydroxyl groups excluding tert-OH is 2. The van der Waals surface area contributed by atoms with E-state index in [0.29, 0.717) is 12.0 Å². The maximum Gasteiger partial charge on any atom is 0.339 e. The Morgan fingerprint density at radius 2 is 1.85 bits per heavy atom. The molecule has 116 valence electrons. The Labute approximate surface area is 120 Å². The lowest BCUT2D eigenvalue weighted by Gasteiger charge is -2.16. The van der Waals surface area contributed by atoms with Crippen LogP contribution in [-0.2, 0) is 9.53 Å². The third-order valence-corrected chi connectivity index (χ3v) is 3.58. The van der Waals surface area contributed by atoms with Gasteiger partial charge in [0.15, 0.2) is 0 Å². The molecule has 3 N–H and O–H groups in total. The van der Waals surface area contributed by atoms with Gasteiger partial charge in [0.05, 0.1) is 17.3 Å². The Kier molecular flexibility index (Phi) is 6.17. The van der Waals surface area contributed by atoms with Gasteiger partial charge in [-0.1, -0.05) is 25.7 Å². The number of cyclic esters (lactones) is 1. The molecule has 0 aromatic heterocycles. The van der Waals surface area contributed by atoms with Crippen LogP contribution in [0.4, 0.5) is 0 Å². The number of carbonyl (C=O) groups excluding carboxylic acids is 1. The fourth-order valence-electron chi connectivity index (χ4n) is 2.34. The van der Waals surface area contributed by atoms with E-state index in [9.17, 15) is 20.1 Å². The largest absolute Gasteiger partial charge is 0.428 e. The van der Waals surface area contributed by atoms with Crippen LogP contribution >= 0.6 is 0 Å². The van der Waals surface area contributed by atoms with Crippen LogP contribution in [0, 0.1) is 0 Å². The Balaban J connectivity index is 2.24. The summed E-state index contributed by atoms with van der Waals surface area (Å²) in [7, 11) is 0. The molecule has 5 nitrogen and oxygen atoms in total. The first-order chi connectivity index (χ1) is 9.22. The number of ether oxygens (including phenoxy) is 1. The SMILES string of the molecule is CC1=C([C@H](O)CCCCCCC(C)(C)O)C(=O)O[C@H]1O. The van der Waals surface area contributed by atoms with Crippen LogP contribution < -0.4 is 0 Å². The van der Waals surface area contributed by atoms with E-state index < -0.39 is 24.0 Å². The highest BCUT2D eigenvalue weighted by Gasteiger charge is 2.33. The Bertz CT molecular complexity index is 367. The standard InChI is InChI=1S/C15H26O5/c1-10-12(14(18)20-13(10)17)11(16)8-6-4-5-7-9-15(2,3)19/h11,13,16-17,19H,4-9H2,1-3H3/t11-,13-/m1/s1. The van der Waals surface area contributed by atoms with Crippen molar-refractivity contribution >= 4 is 5.97 Å². The second-order valence-electron chi connectivity index (χ2n) is 6.14. The fourth-order valence-corrected chi connectivity index (χ4v) is 2.34. The minimum absolute atomic E-state index is 0.203. The summed E-state index contributed by atoms with van der Waals surface area (Å²) in [6.45, 7) is 5.18. The topological polar surface area (TPSA) is 87.0 Å². The number of carbonyl (C=O) groups is 1. The van der Waals surface area contributed by atoms with E-state index in [4.69, 9.17) is 0 Å².